The van der Waals surface area contributed by atoms with Crippen LogP contribution in [0.2, 0.25) is 0 Å². The second-order valence-electron chi connectivity index (χ2n) is 9.87. The van der Waals surface area contributed by atoms with Crippen molar-refractivity contribution in [2.24, 2.45) is 7.05 Å². The van der Waals surface area contributed by atoms with Crippen LogP contribution in [0.1, 0.15) is 22.5 Å². The molecule has 4 aromatic carbocycles. The number of methoxy groups -OCH3 is 2. The molecular weight excluding hydrogens is 627 g/mol. The molecule has 0 amide bonds. The fourth-order valence-electron chi connectivity index (χ4n) is 4.17. The largest absolute Gasteiger partial charge is 0.741 e. The zero-order valence-corrected chi connectivity index (χ0v) is 26.3. The quantitative estimate of drug-likeness (QED) is 0.0931. The van der Waals surface area contributed by atoms with E-state index in [-0.39, 0.29) is 0 Å². The number of nitrogens with zero attached hydrogens (tertiary/aromatic N) is 1. The summed E-state index contributed by atoms with van der Waals surface area (Å²) in [4.78, 5) is 0. The SMILES string of the molecule is COc1ccc(-c2ccc(C#Cc3cccc(C#Cc4ccc(-c5ccc(OC)cc5)cc4)[n+]3C)cc2)cc1.O=S(=O)([O-])C(F)(F)F. The number of rotatable bonds is 4. The number of alkyl halides is 3. The van der Waals surface area contributed by atoms with Crippen molar-refractivity contribution < 1.29 is 40.2 Å². The Kier molecular flexibility index (Phi) is 11.1. The van der Waals surface area contributed by atoms with Crippen molar-refractivity contribution in [2.45, 2.75) is 5.51 Å². The van der Waals surface area contributed by atoms with Crippen molar-refractivity contribution in [3.8, 4) is 57.4 Å². The van der Waals surface area contributed by atoms with E-state index < -0.39 is 15.6 Å². The van der Waals surface area contributed by atoms with Crippen LogP contribution < -0.4 is 14.0 Å². The number of hydrogen-bond donors (Lipinski definition) is 0. The zero-order chi connectivity index (χ0) is 34.0. The van der Waals surface area contributed by atoms with Crippen LogP contribution in [0.15, 0.2) is 115 Å². The molecule has 1 aromatic heterocycles. The van der Waals surface area contributed by atoms with Gasteiger partial charge in [0.1, 0.15) is 18.5 Å². The zero-order valence-electron chi connectivity index (χ0n) is 25.5. The van der Waals surface area contributed by atoms with Gasteiger partial charge in [-0.2, -0.15) is 17.7 Å². The fourth-order valence-corrected chi connectivity index (χ4v) is 4.17. The summed E-state index contributed by atoms with van der Waals surface area (Å²) in [7, 11) is -0.748. The van der Waals surface area contributed by atoms with Crippen LogP contribution in [0, 0.1) is 23.7 Å². The smallest absolute Gasteiger partial charge is 0.485 e. The molecule has 0 aliphatic carbocycles. The third kappa shape index (κ3) is 9.47. The van der Waals surface area contributed by atoms with Crippen LogP contribution in [0.5, 0.6) is 11.5 Å². The highest BCUT2D eigenvalue weighted by atomic mass is 32.2. The second-order valence-corrected chi connectivity index (χ2v) is 11.2. The van der Waals surface area contributed by atoms with Crippen molar-refractivity contribution in [2.75, 3.05) is 14.2 Å². The molecule has 1 heterocycles. The molecule has 10 heteroatoms. The molecule has 5 aromatic rings. The van der Waals surface area contributed by atoms with Crippen molar-refractivity contribution in [3.63, 3.8) is 0 Å². The summed E-state index contributed by atoms with van der Waals surface area (Å²) in [5, 5.41) is 0. The van der Waals surface area contributed by atoms with Crippen LogP contribution in [0.3, 0.4) is 0 Å². The minimum atomic E-state index is -6.09. The monoisotopic (exact) mass is 655 g/mol. The normalized spacial score (nSPS) is 10.7. The van der Waals surface area contributed by atoms with Gasteiger partial charge in [0.2, 0.25) is 0 Å². The molecule has 0 bridgehead atoms. The molecule has 0 unspecified atom stereocenters. The first-order valence-electron chi connectivity index (χ1n) is 13.9. The van der Waals surface area contributed by atoms with E-state index in [2.05, 4.69) is 72.2 Å². The first-order chi connectivity index (χ1) is 22.4. The highest BCUT2D eigenvalue weighted by Gasteiger charge is 2.36. The van der Waals surface area contributed by atoms with E-state index in [1.54, 1.807) is 14.2 Å². The van der Waals surface area contributed by atoms with Gasteiger partial charge in [0.05, 0.1) is 14.2 Å². The van der Waals surface area contributed by atoms with Crippen LogP contribution in [-0.2, 0) is 17.2 Å². The highest BCUT2D eigenvalue weighted by molar-refractivity contribution is 7.86. The Balaban J connectivity index is 0.000000555. The van der Waals surface area contributed by atoms with Crippen molar-refractivity contribution in [1.82, 2.24) is 0 Å². The van der Waals surface area contributed by atoms with E-state index in [4.69, 9.17) is 22.4 Å². The average Bonchev–Trinajstić information content (AvgIpc) is 3.07. The third-order valence-corrected chi connectivity index (χ3v) is 7.37. The number of aromatic nitrogens is 1. The number of benzene rings is 4. The molecule has 0 aliphatic heterocycles. The predicted octanol–water partition coefficient (Wildman–Crippen LogP) is 6.71. The van der Waals surface area contributed by atoms with E-state index >= 15 is 0 Å². The molecule has 47 heavy (non-hydrogen) atoms. The molecule has 0 aliphatic rings. The summed E-state index contributed by atoms with van der Waals surface area (Å²) < 4.78 is 71.4. The molecule has 0 fully saturated rings. The Morgan fingerprint density at radius 2 is 0.872 bits per heavy atom. The molecule has 0 N–H and O–H groups in total. The topological polar surface area (TPSA) is 79.5 Å². The first kappa shape index (κ1) is 34.3. The van der Waals surface area contributed by atoms with E-state index in [0.717, 1.165) is 56.3 Å². The van der Waals surface area contributed by atoms with E-state index in [1.807, 2.05) is 78.3 Å². The Morgan fingerprint density at radius 3 is 1.15 bits per heavy atom. The number of ether oxygens (including phenoxy) is 2. The molecule has 5 rings (SSSR count). The Labute approximate surface area is 271 Å². The van der Waals surface area contributed by atoms with Crippen molar-refractivity contribution in [1.29, 1.82) is 0 Å². The van der Waals surface area contributed by atoms with Gasteiger partial charge in [-0.15, -0.1) is 0 Å². The van der Waals surface area contributed by atoms with Gasteiger partial charge in [0, 0.05) is 35.1 Å². The number of pyridine rings is 1. The molecular formula is C37H28F3NO5S. The summed E-state index contributed by atoms with van der Waals surface area (Å²) in [6.07, 6.45) is 0. The Morgan fingerprint density at radius 1 is 0.574 bits per heavy atom. The number of hydrogen-bond acceptors (Lipinski definition) is 5. The minimum absolute atomic E-state index is 0.851. The molecule has 6 nitrogen and oxygen atoms in total. The minimum Gasteiger partial charge on any atom is -0.741 e. The number of halogens is 3. The lowest BCUT2D eigenvalue weighted by molar-refractivity contribution is -0.676. The van der Waals surface area contributed by atoms with Crippen LogP contribution in [0.4, 0.5) is 13.2 Å². The lowest BCUT2D eigenvalue weighted by Gasteiger charge is -2.08. The fraction of sp³-hybridized carbons (Fsp3) is 0.108. The maximum absolute atomic E-state index is 10.7. The van der Waals surface area contributed by atoms with Gasteiger partial charge < -0.3 is 14.0 Å². The summed E-state index contributed by atoms with van der Waals surface area (Å²) in [6.45, 7) is 0. The van der Waals surface area contributed by atoms with Gasteiger partial charge in [0.15, 0.2) is 10.1 Å². The maximum atomic E-state index is 10.7. The molecule has 0 saturated heterocycles. The molecule has 0 saturated carbocycles. The third-order valence-electron chi connectivity index (χ3n) is 6.80. The van der Waals surface area contributed by atoms with E-state index in [0.29, 0.717) is 0 Å². The lowest BCUT2D eigenvalue weighted by Crippen LogP contribution is -2.36. The highest BCUT2D eigenvalue weighted by Crippen LogP contribution is 2.24. The van der Waals surface area contributed by atoms with E-state index in [1.165, 1.54) is 0 Å². The first-order valence-corrected chi connectivity index (χ1v) is 15.3. The van der Waals surface area contributed by atoms with Crippen molar-refractivity contribution >= 4 is 10.1 Å². The van der Waals surface area contributed by atoms with Gasteiger partial charge in [-0.05, 0) is 76.9 Å². The summed E-state index contributed by atoms with van der Waals surface area (Å²) in [5.41, 5.74) is 2.64. The van der Waals surface area contributed by atoms with Gasteiger partial charge >= 0.3 is 5.51 Å². The Hall–Kier alpha value is -5.55. The van der Waals surface area contributed by atoms with Crippen LogP contribution >= 0.6 is 0 Å². The summed E-state index contributed by atoms with van der Waals surface area (Å²) >= 11 is 0. The molecule has 0 radical (unpaired) electrons. The summed E-state index contributed by atoms with van der Waals surface area (Å²) in [5.74, 6) is 14.9. The summed E-state index contributed by atoms with van der Waals surface area (Å²) in [6, 6.07) is 38.7. The molecule has 0 atom stereocenters. The average molecular weight is 656 g/mol. The van der Waals surface area contributed by atoms with Crippen molar-refractivity contribution in [3.05, 3.63) is 138 Å². The van der Waals surface area contributed by atoms with Gasteiger partial charge in [-0.1, -0.05) is 60.4 Å². The Bertz CT molecular complexity index is 1930. The predicted molar refractivity (Wildman–Crippen MR) is 172 cm³/mol. The maximum Gasteiger partial charge on any atom is 0.485 e. The van der Waals surface area contributed by atoms with Gasteiger partial charge in [-0.3, -0.25) is 0 Å². The molecule has 0 spiro atoms. The van der Waals surface area contributed by atoms with Crippen LogP contribution in [0.25, 0.3) is 22.3 Å². The van der Waals surface area contributed by atoms with E-state index in [9.17, 15) is 13.2 Å². The molecule has 238 valence electrons. The second kappa shape index (κ2) is 15.2. The lowest BCUT2D eigenvalue weighted by atomic mass is 10.0. The van der Waals surface area contributed by atoms with Gasteiger partial charge in [0.25, 0.3) is 11.4 Å². The van der Waals surface area contributed by atoms with Gasteiger partial charge in [-0.25, -0.2) is 8.42 Å². The standard InChI is InChI=1S/C36H28NO2.CHF3O3S/c1-37-33(21-11-27-7-13-29(14-8-27)31-17-23-35(38-2)24-18-31)5-4-6-34(37)22-12-28-9-15-30(16-10-28)32-19-25-36(39-3)26-20-32;2-1(3,4)8(5,6)7/h4-10,13-20,23-26H,1-3H3;(H,5,6,7)/q+1;/p-1. The van der Waals surface area contributed by atoms with Crippen LogP contribution in [-0.4, -0.2) is 32.7 Å².